The fourth-order valence-corrected chi connectivity index (χ4v) is 4.22. The summed E-state index contributed by atoms with van der Waals surface area (Å²) in [4.78, 5) is 12.7. The molecule has 0 aromatic heterocycles. The molecule has 0 spiro atoms. The third-order valence-electron chi connectivity index (χ3n) is 5.05. The molecule has 28 heavy (non-hydrogen) atoms. The molecular weight excluding hydrogens is 372 g/mol. The van der Waals surface area contributed by atoms with Crippen LogP contribution in [0.25, 0.3) is 0 Å². The average molecular weight is 403 g/mol. The highest BCUT2D eigenvalue weighted by Gasteiger charge is 2.23. The van der Waals surface area contributed by atoms with Crippen molar-refractivity contribution in [1.29, 1.82) is 0 Å². The first-order chi connectivity index (χ1) is 12.9. The van der Waals surface area contributed by atoms with Crippen molar-refractivity contribution in [2.75, 3.05) is 17.1 Å². The molecule has 0 saturated heterocycles. The summed E-state index contributed by atoms with van der Waals surface area (Å²) in [5, 5.41) is 2.95. The minimum absolute atomic E-state index is 0.216. The van der Waals surface area contributed by atoms with Gasteiger partial charge in [0, 0.05) is 0 Å². The second kappa shape index (κ2) is 8.35. The van der Waals surface area contributed by atoms with Crippen LogP contribution in [0.4, 0.5) is 5.69 Å². The average Bonchev–Trinajstić information content (AvgIpc) is 2.57. The van der Waals surface area contributed by atoms with Gasteiger partial charge < -0.3 is 5.32 Å². The van der Waals surface area contributed by atoms with Crippen LogP contribution in [-0.4, -0.2) is 27.1 Å². The van der Waals surface area contributed by atoms with E-state index in [2.05, 4.69) is 24.4 Å². The highest BCUT2D eigenvalue weighted by atomic mass is 32.2. The monoisotopic (exact) mass is 402 g/mol. The maximum Gasteiger partial charge on any atom is 0.241 e. The maximum absolute atomic E-state index is 12.7. The quantitative estimate of drug-likeness (QED) is 0.798. The van der Waals surface area contributed by atoms with Crippen LogP contribution in [-0.2, 0) is 14.8 Å². The fourth-order valence-electron chi connectivity index (χ4n) is 3.31. The molecule has 0 heterocycles. The van der Waals surface area contributed by atoms with Crippen LogP contribution < -0.4 is 9.62 Å². The van der Waals surface area contributed by atoms with Gasteiger partial charge in [-0.25, -0.2) is 8.42 Å². The predicted molar refractivity (Wildman–Crippen MR) is 115 cm³/mol. The molecule has 1 N–H and O–H groups in total. The normalized spacial score (nSPS) is 12.5. The van der Waals surface area contributed by atoms with Gasteiger partial charge in [0.2, 0.25) is 15.9 Å². The standard InChI is InChI=1S/C22H30N2O3S/c1-14-8-9-15(2)21(10-14)24(28(7,26)27)13-22(25)23-19(6)20-12-17(4)16(3)11-18(20)5/h8-12,19H,13H2,1-7H3,(H,23,25). The number of hydrogen-bond acceptors (Lipinski definition) is 3. The van der Waals surface area contributed by atoms with Crippen molar-refractivity contribution in [1.82, 2.24) is 5.32 Å². The Labute approximate surface area is 168 Å². The minimum atomic E-state index is -3.60. The molecule has 1 atom stereocenters. The van der Waals surface area contributed by atoms with E-state index in [1.807, 2.05) is 46.8 Å². The Hall–Kier alpha value is -2.34. The fraction of sp³-hybridized carbons (Fsp3) is 0.409. The summed E-state index contributed by atoms with van der Waals surface area (Å²) in [6.45, 7) is 11.5. The summed E-state index contributed by atoms with van der Waals surface area (Å²) in [5.41, 5.74) is 6.79. The van der Waals surface area contributed by atoms with Gasteiger partial charge in [-0.3, -0.25) is 9.10 Å². The molecule has 0 fully saturated rings. The largest absolute Gasteiger partial charge is 0.348 e. The number of aryl methyl sites for hydroxylation is 5. The number of carbonyl (C=O) groups is 1. The Bertz CT molecular complexity index is 997. The summed E-state index contributed by atoms with van der Waals surface area (Å²) < 4.78 is 25.9. The zero-order chi connectivity index (χ0) is 21.2. The van der Waals surface area contributed by atoms with Crippen molar-refractivity contribution < 1.29 is 13.2 Å². The lowest BCUT2D eigenvalue weighted by molar-refractivity contribution is -0.120. The van der Waals surface area contributed by atoms with E-state index in [9.17, 15) is 13.2 Å². The summed E-state index contributed by atoms with van der Waals surface area (Å²) in [5.74, 6) is -0.337. The van der Waals surface area contributed by atoms with Crippen molar-refractivity contribution in [2.24, 2.45) is 0 Å². The number of carbonyl (C=O) groups excluding carboxylic acids is 1. The third kappa shape index (κ3) is 5.13. The number of nitrogens with one attached hydrogen (secondary N) is 1. The molecule has 2 aromatic carbocycles. The molecule has 0 radical (unpaired) electrons. The molecule has 0 aliphatic carbocycles. The molecule has 6 heteroatoms. The molecule has 0 aliphatic rings. The second-order valence-corrected chi connectivity index (χ2v) is 9.55. The first-order valence-electron chi connectivity index (χ1n) is 9.32. The zero-order valence-corrected chi connectivity index (χ0v) is 18.6. The number of hydrogen-bond donors (Lipinski definition) is 1. The summed E-state index contributed by atoms with van der Waals surface area (Å²) in [6, 6.07) is 9.54. The van der Waals surface area contributed by atoms with Crippen LogP contribution >= 0.6 is 0 Å². The maximum atomic E-state index is 12.7. The van der Waals surface area contributed by atoms with E-state index in [4.69, 9.17) is 0 Å². The lowest BCUT2D eigenvalue weighted by Crippen LogP contribution is -2.41. The van der Waals surface area contributed by atoms with E-state index in [-0.39, 0.29) is 18.5 Å². The number of amides is 1. The number of sulfonamides is 1. The summed E-state index contributed by atoms with van der Waals surface area (Å²) in [6.07, 6.45) is 1.12. The smallest absolute Gasteiger partial charge is 0.241 e. The minimum Gasteiger partial charge on any atom is -0.348 e. The highest BCUT2D eigenvalue weighted by Crippen LogP contribution is 2.25. The van der Waals surface area contributed by atoms with E-state index in [1.165, 1.54) is 9.87 Å². The Morgan fingerprint density at radius 1 is 0.964 bits per heavy atom. The van der Waals surface area contributed by atoms with Crippen LogP contribution in [0.5, 0.6) is 0 Å². The highest BCUT2D eigenvalue weighted by molar-refractivity contribution is 7.92. The van der Waals surface area contributed by atoms with Crippen LogP contribution in [0.2, 0.25) is 0 Å². The molecule has 1 amide bonds. The second-order valence-electron chi connectivity index (χ2n) is 7.64. The third-order valence-corrected chi connectivity index (χ3v) is 6.17. The Morgan fingerprint density at radius 3 is 2.18 bits per heavy atom. The van der Waals surface area contributed by atoms with Crippen molar-refractivity contribution in [3.8, 4) is 0 Å². The van der Waals surface area contributed by atoms with Gasteiger partial charge in [0.1, 0.15) is 6.54 Å². The van der Waals surface area contributed by atoms with Gasteiger partial charge >= 0.3 is 0 Å². The van der Waals surface area contributed by atoms with Gasteiger partial charge in [0.05, 0.1) is 18.0 Å². The SMILES string of the molecule is Cc1ccc(C)c(N(CC(=O)NC(C)c2cc(C)c(C)cc2C)S(C)(=O)=O)c1. The van der Waals surface area contributed by atoms with Crippen LogP contribution in [0.3, 0.4) is 0 Å². The van der Waals surface area contributed by atoms with Crippen molar-refractivity contribution in [3.05, 3.63) is 63.7 Å². The number of rotatable bonds is 6. The van der Waals surface area contributed by atoms with E-state index < -0.39 is 10.0 Å². The van der Waals surface area contributed by atoms with Gasteiger partial charge in [-0.05, 0) is 81.0 Å². The summed E-state index contributed by atoms with van der Waals surface area (Å²) >= 11 is 0. The van der Waals surface area contributed by atoms with Gasteiger partial charge in [-0.2, -0.15) is 0 Å². The Morgan fingerprint density at radius 2 is 1.57 bits per heavy atom. The molecule has 0 bridgehead atoms. The van der Waals surface area contributed by atoms with Crippen molar-refractivity contribution in [2.45, 2.75) is 47.6 Å². The van der Waals surface area contributed by atoms with Crippen molar-refractivity contribution in [3.63, 3.8) is 0 Å². The van der Waals surface area contributed by atoms with Gasteiger partial charge in [-0.1, -0.05) is 24.3 Å². The molecule has 2 rings (SSSR count). The first kappa shape index (κ1) is 22.0. The zero-order valence-electron chi connectivity index (χ0n) is 17.8. The van der Waals surface area contributed by atoms with Gasteiger partial charge in [0.15, 0.2) is 0 Å². The van der Waals surface area contributed by atoms with Gasteiger partial charge in [-0.15, -0.1) is 0 Å². The first-order valence-corrected chi connectivity index (χ1v) is 11.2. The van der Waals surface area contributed by atoms with E-state index in [1.54, 1.807) is 6.07 Å². The van der Waals surface area contributed by atoms with Gasteiger partial charge in [0.25, 0.3) is 0 Å². The Kier molecular flexibility index (Phi) is 6.55. The Balaban J connectivity index is 2.25. The predicted octanol–water partition coefficient (Wildman–Crippen LogP) is 3.87. The topological polar surface area (TPSA) is 66.5 Å². The number of nitrogens with zero attached hydrogens (tertiary/aromatic N) is 1. The van der Waals surface area contributed by atoms with E-state index in [0.717, 1.165) is 34.1 Å². The lowest BCUT2D eigenvalue weighted by Gasteiger charge is -2.25. The van der Waals surface area contributed by atoms with Crippen LogP contribution in [0.1, 0.15) is 46.3 Å². The van der Waals surface area contributed by atoms with Crippen LogP contribution in [0, 0.1) is 34.6 Å². The molecule has 0 aliphatic heterocycles. The molecule has 0 saturated carbocycles. The molecule has 152 valence electrons. The number of benzene rings is 2. The number of anilines is 1. The molecule has 1 unspecified atom stereocenters. The lowest BCUT2D eigenvalue weighted by atomic mass is 9.96. The molecule has 2 aromatic rings. The van der Waals surface area contributed by atoms with E-state index in [0.29, 0.717) is 5.69 Å². The van der Waals surface area contributed by atoms with Crippen molar-refractivity contribution >= 4 is 21.6 Å². The summed E-state index contributed by atoms with van der Waals surface area (Å²) in [7, 11) is -3.60. The molecule has 5 nitrogen and oxygen atoms in total. The van der Waals surface area contributed by atoms with Crippen LogP contribution in [0.15, 0.2) is 30.3 Å². The van der Waals surface area contributed by atoms with E-state index >= 15 is 0 Å². The molecular formula is C22H30N2O3S.